The normalized spacial score (nSPS) is 14.9. The van der Waals surface area contributed by atoms with Crippen LogP contribution in [0.1, 0.15) is 55.4 Å². The Hall–Kier alpha value is -2.68. The monoisotopic (exact) mass is 515 g/mol. The standard InChI is InChI=1S/C28H41NO6Si/c1-21(30)33-19-24(31)28(8,29-25(32)35-26(2,3)4)20-34-36(27(5,6)7,22-15-11-9-12-16-22)23-17-13-10-14-18-23/h9-18,24,31H,19-20H2,1-8H3,(H,29,32)/t24-,28+/m0/s1. The van der Waals surface area contributed by atoms with Crippen molar-refractivity contribution in [1.29, 1.82) is 0 Å². The van der Waals surface area contributed by atoms with E-state index in [4.69, 9.17) is 13.9 Å². The fourth-order valence-electron chi connectivity index (χ4n) is 4.15. The van der Waals surface area contributed by atoms with Gasteiger partial charge in [-0.05, 0) is 43.1 Å². The Bertz CT molecular complexity index is 961. The maximum absolute atomic E-state index is 12.8. The number of carbonyl (C=O) groups is 2. The second-order valence-electron chi connectivity index (χ2n) is 11.3. The first-order chi connectivity index (χ1) is 16.6. The van der Waals surface area contributed by atoms with E-state index in [9.17, 15) is 14.7 Å². The fourth-order valence-corrected chi connectivity index (χ4v) is 8.82. The molecule has 1 amide bonds. The maximum atomic E-state index is 12.8. The summed E-state index contributed by atoms with van der Waals surface area (Å²) in [6.45, 7) is 14.3. The van der Waals surface area contributed by atoms with Gasteiger partial charge in [0.15, 0.2) is 0 Å². The number of aliphatic hydroxyl groups excluding tert-OH is 1. The van der Waals surface area contributed by atoms with E-state index in [0.29, 0.717) is 0 Å². The first kappa shape index (κ1) is 29.5. The molecule has 2 aromatic carbocycles. The van der Waals surface area contributed by atoms with Crippen LogP contribution in [0.2, 0.25) is 5.04 Å². The van der Waals surface area contributed by atoms with Gasteiger partial charge in [0, 0.05) is 6.92 Å². The van der Waals surface area contributed by atoms with Gasteiger partial charge < -0.3 is 24.3 Å². The van der Waals surface area contributed by atoms with Crippen molar-refractivity contribution >= 4 is 30.8 Å². The molecule has 0 radical (unpaired) electrons. The lowest BCUT2D eigenvalue weighted by Gasteiger charge is -2.46. The van der Waals surface area contributed by atoms with Crippen LogP contribution < -0.4 is 15.7 Å². The minimum absolute atomic E-state index is 0.0397. The summed E-state index contributed by atoms with van der Waals surface area (Å²) >= 11 is 0. The summed E-state index contributed by atoms with van der Waals surface area (Å²) in [4.78, 5) is 24.2. The van der Waals surface area contributed by atoms with E-state index in [1.807, 2.05) is 36.4 Å². The number of ether oxygens (including phenoxy) is 2. The Morgan fingerprint density at radius 3 is 1.75 bits per heavy atom. The molecule has 0 saturated heterocycles. The van der Waals surface area contributed by atoms with Gasteiger partial charge in [0.25, 0.3) is 8.32 Å². The van der Waals surface area contributed by atoms with Crippen LogP contribution in [-0.4, -0.2) is 55.9 Å². The zero-order valence-corrected chi connectivity index (χ0v) is 23.8. The Kier molecular flexibility index (Phi) is 9.50. The molecule has 0 aliphatic rings. The first-order valence-electron chi connectivity index (χ1n) is 12.2. The summed E-state index contributed by atoms with van der Waals surface area (Å²) in [6, 6.07) is 20.2. The molecule has 0 aliphatic heterocycles. The molecule has 0 saturated carbocycles. The highest BCUT2D eigenvalue weighted by molar-refractivity contribution is 6.99. The van der Waals surface area contributed by atoms with Crippen molar-refractivity contribution in [3.8, 4) is 0 Å². The van der Waals surface area contributed by atoms with Crippen LogP contribution in [-0.2, 0) is 18.7 Å². The summed E-state index contributed by atoms with van der Waals surface area (Å²) in [5, 5.41) is 15.7. The molecular weight excluding hydrogens is 474 g/mol. The highest BCUT2D eigenvalue weighted by Gasteiger charge is 2.52. The quantitative estimate of drug-likeness (QED) is 0.390. The van der Waals surface area contributed by atoms with Crippen LogP contribution in [0.5, 0.6) is 0 Å². The van der Waals surface area contributed by atoms with Crippen LogP contribution in [0.3, 0.4) is 0 Å². The number of esters is 1. The summed E-state index contributed by atoms with van der Waals surface area (Å²) in [6.07, 6.45) is -1.94. The largest absolute Gasteiger partial charge is 0.463 e. The topological polar surface area (TPSA) is 94.1 Å². The van der Waals surface area contributed by atoms with E-state index in [2.05, 4.69) is 50.4 Å². The average molecular weight is 516 g/mol. The Morgan fingerprint density at radius 1 is 0.889 bits per heavy atom. The van der Waals surface area contributed by atoms with Gasteiger partial charge in [-0.1, -0.05) is 81.4 Å². The van der Waals surface area contributed by atoms with E-state index in [0.717, 1.165) is 10.4 Å². The van der Waals surface area contributed by atoms with Gasteiger partial charge in [-0.2, -0.15) is 0 Å². The van der Waals surface area contributed by atoms with Crippen molar-refractivity contribution in [2.24, 2.45) is 0 Å². The minimum Gasteiger partial charge on any atom is -0.463 e. The van der Waals surface area contributed by atoms with Crippen molar-refractivity contribution in [3.05, 3.63) is 60.7 Å². The molecule has 36 heavy (non-hydrogen) atoms. The number of carbonyl (C=O) groups excluding carboxylic acids is 2. The molecule has 7 nitrogen and oxygen atoms in total. The van der Waals surface area contributed by atoms with E-state index >= 15 is 0 Å². The van der Waals surface area contributed by atoms with Gasteiger partial charge in [-0.15, -0.1) is 0 Å². The second kappa shape index (κ2) is 11.6. The number of hydrogen-bond donors (Lipinski definition) is 2. The average Bonchev–Trinajstić information content (AvgIpc) is 2.77. The zero-order chi connectivity index (χ0) is 27.2. The molecule has 198 valence electrons. The van der Waals surface area contributed by atoms with Crippen LogP contribution in [0, 0.1) is 0 Å². The molecule has 8 heteroatoms. The number of benzene rings is 2. The number of amides is 1. The number of aliphatic hydroxyl groups is 1. The maximum Gasteiger partial charge on any atom is 0.408 e. The Labute approximate surface area is 216 Å². The molecular formula is C28H41NO6Si. The van der Waals surface area contributed by atoms with Gasteiger partial charge in [0.2, 0.25) is 0 Å². The third kappa shape index (κ3) is 7.41. The van der Waals surface area contributed by atoms with Crippen molar-refractivity contribution in [3.63, 3.8) is 0 Å². The smallest absolute Gasteiger partial charge is 0.408 e. The zero-order valence-electron chi connectivity index (χ0n) is 22.8. The molecule has 2 atom stereocenters. The minimum atomic E-state index is -2.96. The third-order valence-electron chi connectivity index (χ3n) is 5.97. The molecule has 0 unspecified atom stereocenters. The highest BCUT2D eigenvalue weighted by atomic mass is 28.4. The van der Waals surface area contributed by atoms with E-state index in [1.165, 1.54) is 6.92 Å². The third-order valence-corrected chi connectivity index (χ3v) is 11.0. The second-order valence-corrected chi connectivity index (χ2v) is 15.6. The summed E-state index contributed by atoms with van der Waals surface area (Å²) < 4.78 is 17.5. The van der Waals surface area contributed by atoms with Crippen LogP contribution in [0.15, 0.2) is 60.7 Å². The van der Waals surface area contributed by atoms with Crippen molar-refractivity contribution in [1.82, 2.24) is 5.32 Å². The lowest BCUT2D eigenvalue weighted by molar-refractivity contribution is -0.145. The highest BCUT2D eigenvalue weighted by Crippen LogP contribution is 2.37. The molecule has 0 aliphatic carbocycles. The van der Waals surface area contributed by atoms with E-state index < -0.39 is 37.6 Å². The molecule has 0 heterocycles. The van der Waals surface area contributed by atoms with Gasteiger partial charge in [0.05, 0.1) is 12.1 Å². The lowest BCUT2D eigenvalue weighted by atomic mass is 9.96. The molecule has 2 aromatic rings. The predicted octanol–water partition coefficient (Wildman–Crippen LogP) is 3.77. The molecule has 0 bridgehead atoms. The van der Waals surface area contributed by atoms with Crippen LogP contribution in [0.25, 0.3) is 0 Å². The molecule has 0 fully saturated rings. The molecule has 2 N–H and O–H groups in total. The van der Waals surface area contributed by atoms with Gasteiger partial charge in [-0.25, -0.2) is 4.79 Å². The predicted molar refractivity (Wildman–Crippen MR) is 144 cm³/mol. The van der Waals surface area contributed by atoms with Crippen LogP contribution >= 0.6 is 0 Å². The summed E-state index contributed by atoms with van der Waals surface area (Å²) in [5.41, 5.74) is -2.05. The number of alkyl carbamates (subject to hydrolysis) is 1. The van der Waals surface area contributed by atoms with E-state index in [1.54, 1.807) is 27.7 Å². The SMILES string of the molecule is CC(=O)OC[C@H](O)[C@@](C)(CO[Si](c1ccccc1)(c1ccccc1)C(C)(C)C)NC(=O)OC(C)(C)C. The van der Waals surface area contributed by atoms with Gasteiger partial charge in [0.1, 0.15) is 18.3 Å². The number of nitrogens with one attached hydrogen (secondary N) is 1. The van der Waals surface area contributed by atoms with Crippen molar-refractivity contribution < 1.29 is 28.6 Å². The Morgan fingerprint density at radius 2 is 1.36 bits per heavy atom. The van der Waals surface area contributed by atoms with Crippen molar-refractivity contribution in [2.45, 2.75) is 77.7 Å². The fraction of sp³-hybridized carbons (Fsp3) is 0.500. The van der Waals surface area contributed by atoms with Crippen molar-refractivity contribution in [2.75, 3.05) is 13.2 Å². The number of rotatable bonds is 9. The van der Waals surface area contributed by atoms with Gasteiger partial charge in [-0.3, -0.25) is 4.79 Å². The first-order valence-corrected chi connectivity index (χ1v) is 14.1. The molecule has 0 aromatic heterocycles. The summed E-state index contributed by atoms with van der Waals surface area (Å²) in [7, 11) is -2.96. The Balaban J connectivity index is 2.55. The summed E-state index contributed by atoms with van der Waals surface area (Å²) in [5.74, 6) is -0.526. The number of hydrogen-bond acceptors (Lipinski definition) is 6. The lowest BCUT2D eigenvalue weighted by Crippen LogP contribution is -2.69. The molecule has 2 rings (SSSR count). The molecule has 0 spiro atoms. The van der Waals surface area contributed by atoms with E-state index in [-0.39, 0.29) is 18.3 Å². The van der Waals surface area contributed by atoms with Gasteiger partial charge >= 0.3 is 12.1 Å². The van der Waals surface area contributed by atoms with Crippen LogP contribution in [0.4, 0.5) is 4.79 Å².